The zero-order chi connectivity index (χ0) is 11.4. The third kappa shape index (κ3) is 2.26. The summed E-state index contributed by atoms with van der Waals surface area (Å²) in [6.07, 6.45) is 7.50. The second-order valence-electron chi connectivity index (χ2n) is 4.65. The van der Waals surface area contributed by atoms with E-state index in [-0.39, 0.29) is 0 Å². The first-order chi connectivity index (χ1) is 7.86. The van der Waals surface area contributed by atoms with Crippen molar-refractivity contribution in [3.63, 3.8) is 0 Å². The number of hydrogen-bond donors (Lipinski definition) is 1. The van der Waals surface area contributed by atoms with Crippen molar-refractivity contribution in [2.45, 2.75) is 58.0 Å². The summed E-state index contributed by atoms with van der Waals surface area (Å²) in [4.78, 5) is 0. The zero-order valence-electron chi connectivity index (χ0n) is 10.4. The van der Waals surface area contributed by atoms with Crippen molar-refractivity contribution in [1.82, 2.24) is 20.3 Å². The second kappa shape index (κ2) is 5.43. The van der Waals surface area contributed by atoms with E-state index in [4.69, 9.17) is 0 Å². The lowest BCUT2D eigenvalue weighted by atomic mass is 10.1. The molecule has 1 aromatic rings. The molecule has 16 heavy (non-hydrogen) atoms. The first kappa shape index (κ1) is 11.6. The smallest absolute Gasteiger partial charge is 0.0996 e. The highest BCUT2D eigenvalue weighted by Crippen LogP contribution is 2.30. The van der Waals surface area contributed by atoms with Crippen molar-refractivity contribution < 1.29 is 0 Å². The van der Waals surface area contributed by atoms with E-state index in [0.29, 0.717) is 6.04 Å². The van der Waals surface area contributed by atoms with E-state index in [1.807, 2.05) is 7.05 Å². The van der Waals surface area contributed by atoms with E-state index in [1.165, 1.54) is 31.4 Å². The van der Waals surface area contributed by atoms with Crippen LogP contribution in [0, 0.1) is 0 Å². The molecule has 1 aliphatic carbocycles. The van der Waals surface area contributed by atoms with Gasteiger partial charge in [-0.05, 0) is 26.3 Å². The highest BCUT2D eigenvalue weighted by atomic mass is 15.4. The maximum Gasteiger partial charge on any atom is 0.0996 e. The van der Waals surface area contributed by atoms with Crippen LogP contribution >= 0.6 is 0 Å². The van der Waals surface area contributed by atoms with Gasteiger partial charge in [0.1, 0.15) is 0 Å². The predicted molar refractivity (Wildman–Crippen MR) is 64.3 cm³/mol. The number of aromatic nitrogens is 3. The lowest BCUT2D eigenvalue weighted by Crippen LogP contribution is -2.13. The van der Waals surface area contributed by atoms with Gasteiger partial charge in [0.25, 0.3) is 0 Å². The highest BCUT2D eigenvalue weighted by molar-refractivity contribution is 5.11. The molecule has 1 aliphatic rings. The number of hydrogen-bond acceptors (Lipinski definition) is 3. The van der Waals surface area contributed by atoms with Crippen molar-refractivity contribution in [1.29, 1.82) is 0 Å². The molecule has 0 aromatic carbocycles. The molecule has 1 aromatic heterocycles. The van der Waals surface area contributed by atoms with Crippen LogP contribution in [-0.4, -0.2) is 22.0 Å². The maximum atomic E-state index is 4.36. The van der Waals surface area contributed by atoms with Gasteiger partial charge in [-0.2, -0.15) is 0 Å². The highest BCUT2D eigenvalue weighted by Gasteiger charge is 2.22. The molecule has 0 atom stereocenters. The molecule has 0 unspecified atom stereocenters. The van der Waals surface area contributed by atoms with E-state index < -0.39 is 0 Å². The Kier molecular flexibility index (Phi) is 3.93. The minimum atomic E-state index is 0.611. The Morgan fingerprint density at radius 3 is 2.75 bits per heavy atom. The summed E-state index contributed by atoms with van der Waals surface area (Å²) in [5.41, 5.74) is 2.49. The van der Waals surface area contributed by atoms with Crippen molar-refractivity contribution >= 4 is 0 Å². The lowest BCUT2D eigenvalue weighted by molar-refractivity contribution is 0.437. The molecule has 0 aliphatic heterocycles. The van der Waals surface area contributed by atoms with Gasteiger partial charge in [0.2, 0.25) is 0 Å². The Labute approximate surface area is 97.4 Å². The molecule has 1 N–H and O–H groups in total. The van der Waals surface area contributed by atoms with Crippen LogP contribution in [0.3, 0.4) is 0 Å². The Bertz CT molecular complexity index is 326. The molecule has 0 bridgehead atoms. The van der Waals surface area contributed by atoms with Crippen molar-refractivity contribution in [3.8, 4) is 0 Å². The molecule has 0 spiro atoms. The molecule has 0 radical (unpaired) electrons. The first-order valence-electron chi connectivity index (χ1n) is 6.44. The van der Waals surface area contributed by atoms with Crippen LogP contribution in [0.1, 0.15) is 56.5 Å². The molecule has 4 heteroatoms. The van der Waals surface area contributed by atoms with Crippen LogP contribution in [0.5, 0.6) is 0 Å². The third-order valence-corrected chi connectivity index (χ3v) is 3.37. The number of nitrogens with zero attached hydrogens (tertiary/aromatic N) is 3. The standard InChI is InChI=1S/C12H22N4/c1-3-6-12-11(9-13-2)14-15-16(12)10-7-4-5-8-10/h10,13H,3-9H2,1-2H3. The molecule has 1 saturated carbocycles. The monoisotopic (exact) mass is 222 g/mol. The summed E-state index contributed by atoms with van der Waals surface area (Å²) in [7, 11) is 1.96. The van der Waals surface area contributed by atoms with E-state index in [1.54, 1.807) is 0 Å². The number of nitrogens with one attached hydrogen (secondary N) is 1. The van der Waals surface area contributed by atoms with E-state index in [0.717, 1.165) is 25.1 Å². The number of rotatable bonds is 5. The van der Waals surface area contributed by atoms with Crippen molar-refractivity contribution in [2.75, 3.05) is 7.05 Å². The summed E-state index contributed by atoms with van der Waals surface area (Å²) in [5.74, 6) is 0. The van der Waals surface area contributed by atoms with Crippen LogP contribution in [-0.2, 0) is 13.0 Å². The average molecular weight is 222 g/mol. The molecule has 0 saturated heterocycles. The molecule has 2 rings (SSSR count). The van der Waals surface area contributed by atoms with Crippen LogP contribution in [0.15, 0.2) is 0 Å². The summed E-state index contributed by atoms with van der Waals surface area (Å²) in [5, 5.41) is 11.9. The maximum absolute atomic E-state index is 4.36. The first-order valence-corrected chi connectivity index (χ1v) is 6.44. The van der Waals surface area contributed by atoms with Crippen molar-refractivity contribution in [2.24, 2.45) is 0 Å². The third-order valence-electron chi connectivity index (χ3n) is 3.37. The minimum absolute atomic E-state index is 0.611. The van der Waals surface area contributed by atoms with Crippen LogP contribution in [0.25, 0.3) is 0 Å². The largest absolute Gasteiger partial charge is 0.314 e. The average Bonchev–Trinajstić information content (AvgIpc) is 2.89. The van der Waals surface area contributed by atoms with E-state index in [9.17, 15) is 0 Å². The van der Waals surface area contributed by atoms with Gasteiger partial charge in [-0.3, -0.25) is 0 Å². The summed E-state index contributed by atoms with van der Waals surface area (Å²) >= 11 is 0. The molecular formula is C12H22N4. The van der Waals surface area contributed by atoms with Gasteiger partial charge in [0.15, 0.2) is 0 Å². The van der Waals surface area contributed by atoms with Crippen LogP contribution in [0.4, 0.5) is 0 Å². The van der Waals surface area contributed by atoms with Crippen LogP contribution < -0.4 is 5.32 Å². The van der Waals surface area contributed by atoms with Gasteiger partial charge < -0.3 is 5.32 Å². The fraction of sp³-hybridized carbons (Fsp3) is 0.833. The Balaban J connectivity index is 2.21. The Morgan fingerprint density at radius 1 is 1.38 bits per heavy atom. The SMILES string of the molecule is CCCc1c(CNC)nnn1C1CCCC1. The quantitative estimate of drug-likeness (QED) is 0.829. The van der Waals surface area contributed by atoms with E-state index >= 15 is 0 Å². The predicted octanol–water partition coefficient (Wildman–Crippen LogP) is 2.07. The van der Waals surface area contributed by atoms with Gasteiger partial charge in [-0.1, -0.05) is 31.4 Å². The molecule has 90 valence electrons. The second-order valence-corrected chi connectivity index (χ2v) is 4.65. The van der Waals surface area contributed by atoms with E-state index in [2.05, 4.69) is 27.2 Å². The molecule has 4 nitrogen and oxygen atoms in total. The van der Waals surface area contributed by atoms with Gasteiger partial charge >= 0.3 is 0 Å². The summed E-state index contributed by atoms with van der Waals surface area (Å²) in [6.45, 7) is 3.05. The molecular weight excluding hydrogens is 200 g/mol. The zero-order valence-corrected chi connectivity index (χ0v) is 10.4. The topological polar surface area (TPSA) is 42.7 Å². The molecule has 1 heterocycles. The van der Waals surface area contributed by atoms with Gasteiger partial charge in [0.05, 0.1) is 17.4 Å². The Morgan fingerprint density at radius 2 is 2.12 bits per heavy atom. The fourth-order valence-corrected chi connectivity index (χ4v) is 2.59. The van der Waals surface area contributed by atoms with Gasteiger partial charge in [-0.15, -0.1) is 5.10 Å². The van der Waals surface area contributed by atoms with Gasteiger partial charge in [-0.25, -0.2) is 4.68 Å². The van der Waals surface area contributed by atoms with Gasteiger partial charge in [0, 0.05) is 6.54 Å². The normalized spacial score (nSPS) is 17.1. The summed E-state index contributed by atoms with van der Waals surface area (Å²) < 4.78 is 2.20. The fourth-order valence-electron chi connectivity index (χ4n) is 2.59. The summed E-state index contributed by atoms with van der Waals surface area (Å²) in [6, 6.07) is 0.611. The minimum Gasteiger partial charge on any atom is -0.314 e. The van der Waals surface area contributed by atoms with Crippen molar-refractivity contribution in [3.05, 3.63) is 11.4 Å². The Hall–Kier alpha value is -0.900. The lowest BCUT2D eigenvalue weighted by Gasteiger charge is -2.13. The molecule has 1 fully saturated rings. The van der Waals surface area contributed by atoms with Crippen LogP contribution in [0.2, 0.25) is 0 Å². The molecule has 0 amide bonds.